The second kappa shape index (κ2) is 513. The van der Waals surface area contributed by atoms with Crippen LogP contribution in [0.1, 0.15) is 0 Å². The lowest BCUT2D eigenvalue weighted by molar-refractivity contribution is 1.54. The topological polar surface area (TPSA) is 47.6 Å². The summed E-state index contributed by atoms with van der Waals surface area (Å²) in [4.78, 5) is 0. The van der Waals surface area contributed by atoms with E-state index in [1.807, 2.05) is 0 Å². The summed E-state index contributed by atoms with van der Waals surface area (Å²) in [5, 5.41) is 14.0. The van der Waals surface area contributed by atoms with Gasteiger partial charge in [0.05, 0.1) is 6.07 Å². The number of nitrogens with zero attached hydrogens (tertiary/aromatic N) is 2. The smallest absolute Gasteiger partial charge is 0.0905 e. The fraction of sp³-hybridized carbons (Fsp3) is 0. The highest BCUT2D eigenvalue weighted by molar-refractivity contribution is 4.93. The number of allylic oxidation sites excluding steroid dienone is 1. The average Bonchev–Trinajstić information content (AvgIpc) is 1.96. The van der Waals surface area contributed by atoms with Crippen molar-refractivity contribution in [2.24, 2.45) is 0 Å². The van der Waals surface area contributed by atoms with Crippen LogP contribution in [0.2, 0.25) is 0 Å². The van der Waals surface area contributed by atoms with E-state index in [1.54, 1.807) is 6.07 Å². The van der Waals surface area contributed by atoms with Crippen molar-refractivity contribution in [3.05, 3.63) is 25.8 Å². The summed E-state index contributed by atoms with van der Waals surface area (Å²) in [6.07, 6.45) is 1.18. The van der Waals surface area contributed by atoms with Crippen LogP contribution in [0.5, 0.6) is 0 Å². The molecular formula is C6H8N2. The summed E-state index contributed by atoms with van der Waals surface area (Å²) in [5.41, 5.74) is 0. The molecule has 0 aliphatic carbocycles. The molecule has 0 atom stereocenters. The minimum Gasteiger partial charge on any atom is -0.202 e. The predicted octanol–water partition coefficient (Wildman–Crippen LogP) is 1.64. The van der Waals surface area contributed by atoms with Gasteiger partial charge in [-0.15, -0.1) is 13.2 Å². The Balaban J connectivity index is -0.0000000542. The third-order valence-corrected chi connectivity index (χ3v) is 0.0913. The Hall–Kier alpha value is -1.54. The minimum atomic E-state index is 1.18. The Morgan fingerprint density at radius 1 is 1.38 bits per heavy atom. The van der Waals surface area contributed by atoms with Gasteiger partial charge in [0.25, 0.3) is 0 Å². The number of rotatable bonds is 0. The van der Waals surface area contributed by atoms with Gasteiger partial charge in [0.15, 0.2) is 0 Å². The van der Waals surface area contributed by atoms with Crippen LogP contribution in [0, 0.1) is 23.2 Å². The molecule has 2 nitrogen and oxygen atoms in total. The molecule has 2 heteroatoms. The zero-order valence-corrected chi connectivity index (χ0v) is 4.67. The normalized spacial score (nSPS) is 2.62. The molecule has 0 aromatic heterocycles. The minimum absolute atomic E-state index is 1.18. The maximum atomic E-state index is 7.51. The van der Waals surface area contributed by atoms with Crippen LogP contribution in [-0.2, 0) is 0 Å². The van der Waals surface area contributed by atoms with Crippen LogP contribution in [0.3, 0.4) is 0 Å². The van der Waals surface area contributed by atoms with Crippen molar-refractivity contribution in [2.75, 3.05) is 0 Å². The quantitative estimate of drug-likeness (QED) is 0.350. The molecule has 0 heterocycles. The van der Waals surface area contributed by atoms with Crippen LogP contribution < -0.4 is 0 Å². The monoisotopic (exact) mass is 108 g/mol. The van der Waals surface area contributed by atoms with Crippen molar-refractivity contribution in [1.29, 1.82) is 10.5 Å². The molecule has 0 aliphatic heterocycles. The van der Waals surface area contributed by atoms with E-state index in [2.05, 4.69) is 26.3 Å². The Bertz CT molecular complexity index is 86.4. The largest absolute Gasteiger partial charge is 0.202 e. The van der Waals surface area contributed by atoms with E-state index in [4.69, 9.17) is 10.5 Å². The molecule has 0 spiro atoms. The van der Waals surface area contributed by atoms with Crippen molar-refractivity contribution >= 4 is 0 Å². The molecule has 8 heavy (non-hydrogen) atoms. The van der Waals surface area contributed by atoms with Gasteiger partial charge in [-0.2, -0.15) is 5.26 Å². The summed E-state index contributed by atoms with van der Waals surface area (Å²) in [7, 11) is 0. The first-order valence-corrected chi connectivity index (χ1v) is 1.68. The van der Waals surface area contributed by atoms with E-state index < -0.39 is 0 Å². The zero-order chi connectivity index (χ0) is 7.41. The summed E-state index contributed by atoms with van der Waals surface area (Å²) in [5.74, 6) is 0. The molecule has 0 aromatic rings. The van der Waals surface area contributed by atoms with Gasteiger partial charge in [-0.1, -0.05) is 6.58 Å². The summed E-state index contributed by atoms with van der Waals surface area (Å²) < 4.78 is 0. The Morgan fingerprint density at radius 3 is 1.50 bits per heavy atom. The summed E-state index contributed by atoms with van der Waals surface area (Å²) >= 11 is 0. The highest BCUT2D eigenvalue weighted by Crippen LogP contribution is 1.41. The Morgan fingerprint density at radius 2 is 1.50 bits per heavy atom. The van der Waals surface area contributed by atoms with E-state index in [1.165, 1.54) is 6.08 Å². The van der Waals surface area contributed by atoms with Gasteiger partial charge in [-0.05, 0) is 0 Å². The fourth-order valence-corrected chi connectivity index (χ4v) is 0. The molecule has 0 aliphatic rings. The van der Waals surface area contributed by atoms with Gasteiger partial charge in [-0.3, -0.25) is 0 Å². The summed E-state index contributed by atoms with van der Waals surface area (Å²) in [6, 6.07) is 1.69. The first-order valence-electron chi connectivity index (χ1n) is 1.68. The molecule has 0 unspecified atom stereocenters. The fourth-order valence-electron chi connectivity index (χ4n) is 0. The van der Waals surface area contributed by atoms with Gasteiger partial charge in [0.2, 0.25) is 0 Å². The average molecular weight is 108 g/mol. The van der Waals surface area contributed by atoms with E-state index in [0.717, 1.165) is 0 Å². The molecule has 0 fully saturated rings. The number of hydrogen-bond acceptors (Lipinski definition) is 2. The van der Waals surface area contributed by atoms with E-state index in [0.29, 0.717) is 0 Å². The highest BCUT2D eigenvalue weighted by atomic mass is 14.2. The maximum absolute atomic E-state index is 7.51. The van der Waals surface area contributed by atoms with E-state index in [9.17, 15) is 0 Å². The van der Waals surface area contributed by atoms with Gasteiger partial charge in [0, 0.05) is 12.6 Å². The van der Waals surface area contributed by atoms with Gasteiger partial charge in [0.1, 0.15) is 0 Å². The van der Waals surface area contributed by atoms with Crippen molar-refractivity contribution < 1.29 is 0 Å². The lowest BCUT2D eigenvalue weighted by Crippen LogP contribution is -1.23. The van der Waals surface area contributed by atoms with E-state index >= 15 is 0 Å². The van der Waals surface area contributed by atoms with Crippen molar-refractivity contribution in [2.45, 2.75) is 0 Å². The van der Waals surface area contributed by atoms with E-state index in [-0.39, 0.29) is 0 Å². The molecule has 0 radical (unpaired) electrons. The predicted molar refractivity (Wildman–Crippen MR) is 33.7 cm³/mol. The Labute approximate surface area is 50.0 Å². The van der Waals surface area contributed by atoms with Crippen LogP contribution in [-0.4, -0.2) is 0 Å². The standard InChI is InChI=1S/C3H3N.C2H4.CHN/c1-2-3-4;2*1-2/h2H,1H2;1-2H2;1H. The van der Waals surface area contributed by atoms with Crippen LogP contribution in [0.4, 0.5) is 0 Å². The summed E-state index contributed by atoms with van der Waals surface area (Å²) in [6.45, 7) is 12.6. The molecule has 0 saturated carbocycles. The second-order valence-corrected chi connectivity index (χ2v) is 0.333. The zero-order valence-electron chi connectivity index (χ0n) is 4.67. The molecule has 0 bridgehead atoms. The van der Waals surface area contributed by atoms with Crippen molar-refractivity contribution in [1.82, 2.24) is 0 Å². The molecule has 0 amide bonds. The number of hydrogen-bond donors (Lipinski definition) is 0. The second-order valence-electron chi connectivity index (χ2n) is 0.333. The highest BCUT2D eigenvalue weighted by Gasteiger charge is 1.34. The van der Waals surface area contributed by atoms with Crippen molar-refractivity contribution in [3.8, 4) is 12.6 Å². The Kier molecular flexibility index (Phi) is 1030. The van der Waals surface area contributed by atoms with Gasteiger partial charge in [-0.25, -0.2) is 5.26 Å². The third kappa shape index (κ3) is 183. The van der Waals surface area contributed by atoms with Gasteiger partial charge >= 0.3 is 0 Å². The third-order valence-electron chi connectivity index (χ3n) is 0.0913. The van der Waals surface area contributed by atoms with Crippen LogP contribution in [0.25, 0.3) is 0 Å². The van der Waals surface area contributed by atoms with Crippen LogP contribution >= 0.6 is 0 Å². The lowest BCUT2D eigenvalue weighted by Gasteiger charge is -1.31. The number of nitriles is 2. The van der Waals surface area contributed by atoms with Crippen LogP contribution in [0.15, 0.2) is 25.8 Å². The molecule has 0 aromatic carbocycles. The molecular weight excluding hydrogens is 100 g/mol. The lowest BCUT2D eigenvalue weighted by atomic mass is 10.8. The maximum Gasteiger partial charge on any atom is 0.0905 e. The first kappa shape index (κ1) is 16.1. The van der Waals surface area contributed by atoms with Crippen molar-refractivity contribution in [3.63, 3.8) is 0 Å². The van der Waals surface area contributed by atoms with Gasteiger partial charge < -0.3 is 0 Å². The molecule has 0 saturated heterocycles. The molecule has 0 rings (SSSR count). The molecule has 42 valence electrons. The molecule has 0 N–H and O–H groups in total. The SMILES string of the molecule is C#N.C=C.C=CC#N. The first-order chi connectivity index (χ1) is 3.91.